The lowest BCUT2D eigenvalue weighted by atomic mass is 10.2. The number of carboxylic acid groups (broad SMARTS) is 2. The molecule has 6 heteroatoms. The molecule has 0 amide bonds. The van der Waals surface area contributed by atoms with E-state index in [9.17, 15) is 9.59 Å². The Morgan fingerprint density at radius 3 is 2.13 bits per heavy atom. The first kappa shape index (κ1) is 13.6. The number of rotatable bonds is 5. The van der Waals surface area contributed by atoms with Gasteiger partial charge in [0.2, 0.25) is 0 Å². The Labute approximate surface area is 87.0 Å². The molecule has 0 heterocycles. The first-order valence-electron chi connectivity index (χ1n) is 4.20. The van der Waals surface area contributed by atoms with Crippen LogP contribution in [0.5, 0.6) is 0 Å². The van der Waals surface area contributed by atoms with Crippen molar-refractivity contribution in [3.63, 3.8) is 0 Å². The van der Waals surface area contributed by atoms with Crippen molar-refractivity contribution in [3.8, 4) is 0 Å². The van der Waals surface area contributed by atoms with Crippen LogP contribution in [0, 0.1) is 0 Å². The van der Waals surface area contributed by atoms with E-state index in [1.165, 1.54) is 0 Å². The highest BCUT2D eigenvalue weighted by atomic mass is 17.2. The molecule has 0 unspecified atom stereocenters. The summed E-state index contributed by atoms with van der Waals surface area (Å²) in [7, 11) is 0. The van der Waals surface area contributed by atoms with E-state index in [0.717, 1.165) is 0 Å². The normalized spacial score (nSPS) is 12.6. The molecule has 0 radical (unpaired) electrons. The third kappa shape index (κ3) is 7.65. The Hall–Kier alpha value is -1.40. The lowest BCUT2D eigenvalue weighted by Crippen LogP contribution is -2.21. The minimum atomic E-state index is -1.35. The van der Waals surface area contributed by atoms with Crippen molar-refractivity contribution >= 4 is 11.9 Å². The van der Waals surface area contributed by atoms with Gasteiger partial charge in [-0.25, -0.2) is 19.4 Å². The van der Waals surface area contributed by atoms with Crippen LogP contribution in [0.3, 0.4) is 0 Å². The molecule has 0 aromatic rings. The predicted octanol–water partition coefficient (Wildman–Crippen LogP) is 0.829. The maximum absolute atomic E-state index is 10.5. The van der Waals surface area contributed by atoms with Crippen LogP contribution >= 0.6 is 0 Å². The fourth-order valence-electron chi connectivity index (χ4n) is 0.584. The molecule has 0 spiro atoms. The van der Waals surface area contributed by atoms with E-state index in [-0.39, 0.29) is 5.57 Å². The standard InChI is InChI=1S/C9H14O6/c1-9(2,3)15-14-5-6(8(12)13)4-7(10)11/h4H,5H2,1-3H3,(H,10,11)(H,12,13)/b6-4-. The van der Waals surface area contributed by atoms with Gasteiger partial charge in [-0.2, -0.15) is 0 Å². The van der Waals surface area contributed by atoms with Gasteiger partial charge in [0.1, 0.15) is 6.61 Å². The van der Waals surface area contributed by atoms with Crippen LogP contribution in [0.25, 0.3) is 0 Å². The smallest absolute Gasteiger partial charge is 0.334 e. The minimum Gasteiger partial charge on any atom is -0.478 e. The summed E-state index contributed by atoms with van der Waals surface area (Å²) >= 11 is 0. The molecule has 6 nitrogen and oxygen atoms in total. The molecule has 0 aliphatic rings. The highest BCUT2D eigenvalue weighted by molar-refractivity contribution is 5.94. The van der Waals surface area contributed by atoms with Gasteiger partial charge in [-0.15, -0.1) is 0 Å². The van der Waals surface area contributed by atoms with Crippen molar-refractivity contribution < 1.29 is 29.6 Å². The summed E-state index contributed by atoms with van der Waals surface area (Å²) in [4.78, 5) is 30.2. The van der Waals surface area contributed by atoms with E-state index in [1.807, 2.05) is 0 Å². The summed E-state index contributed by atoms with van der Waals surface area (Å²) in [5.41, 5.74) is -0.959. The third-order valence-electron chi connectivity index (χ3n) is 1.10. The van der Waals surface area contributed by atoms with Crippen molar-refractivity contribution in [2.75, 3.05) is 6.61 Å². The van der Waals surface area contributed by atoms with Crippen molar-refractivity contribution in [3.05, 3.63) is 11.6 Å². The Kier molecular flexibility index (Phi) is 4.96. The molecule has 0 fully saturated rings. The van der Waals surface area contributed by atoms with E-state index >= 15 is 0 Å². The molecule has 0 saturated carbocycles. The first-order chi connectivity index (χ1) is 6.72. The van der Waals surface area contributed by atoms with Gasteiger partial charge in [0.05, 0.1) is 11.2 Å². The fraction of sp³-hybridized carbons (Fsp3) is 0.556. The number of aliphatic carboxylic acids is 2. The Bertz CT molecular complexity index is 273. The summed E-state index contributed by atoms with van der Waals surface area (Å²) in [6.07, 6.45) is 0.564. The van der Waals surface area contributed by atoms with Gasteiger partial charge in [-0.1, -0.05) is 0 Å². The molecule has 2 N–H and O–H groups in total. The van der Waals surface area contributed by atoms with E-state index in [1.54, 1.807) is 20.8 Å². The van der Waals surface area contributed by atoms with E-state index in [0.29, 0.717) is 6.08 Å². The van der Waals surface area contributed by atoms with Crippen LogP contribution in [-0.2, 0) is 19.4 Å². The van der Waals surface area contributed by atoms with Gasteiger partial charge in [-0.05, 0) is 20.8 Å². The third-order valence-corrected chi connectivity index (χ3v) is 1.10. The van der Waals surface area contributed by atoms with Crippen LogP contribution in [0.15, 0.2) is 11.6 Å². The van der Waals surface area contributed by atoms with Crippen LogP contribution in [0.1, 0.15) is 20.8 Å². The van der Waals surface area contributed by atoms with Gasteiger partial charge in [0.25, 0.3) is 0 Å². The Balaban J connectivity index is 4.22. The highest BCUT2D eigenvalue weighted by Gasteiger charge is 2.15. The fourth-order valence-corrected chi connectivity index (χ4v) is 0.584. The second-order valence-electron chi connectivity index (χ2n) is 3.77. The lowest BCUT2D eigenvalue weighted by molar-refractivity contribution is -0.343. The second kappa shape index (κ2) is 5.47. The van der Waals surface area contributed by atoms with Crippen LogP contribution in [0.4, 0.5) is 0 Å². The van der Waals surface area contributed by atoms with E-state index in [4.69, 9.17) is 15.1 Å². The zero-order chi connectivity index (χ0) is 12.1. The summed E-state index contributed by atoms with van der Waals surface area (Å²) < 4.78 is 0. The molecule has 0 aromatic carbocycles. The lowest BCUT2D eigenvalue weighted by Gasteiger charge is -2.17. The average molecular weight is 218 g/mol. The molecule has 0 bridgehead atoms. The zero-order valence-corrected chi connectivity index (χ0v) is 8.81. The average Bonchev–Trinajstić information content (AvgIpc) is 1.99. The highest BCUT2D eigenvalue weighted by Crippen LogP contribution is 2.08. The maximum atomic E-state index is 10.5. The zero-order valence-electron chi connectivity index (χ0n) is 8.81. The largest absolute Gasteiger partial charge is 0.478 e. The second-order valence-corrected chi connectivity index (χ2v) is 3.77. The molecular weight excluding hydrogens is 204 g/mol. The van der Waals surface area contributed by atoms with Gasteiger partial charge in [-0.3, -0.25) is 0 Å². The van der Waals surface area contributed by atoms with Crippen molar-refractivity contribution in [2.45, 2.75) is 26.4 Å². The summed E-state index contributed by atoms with van der Waals surface area (Å²) in [5, 5.41) is 16.9. The first-order valence-corrected chi connectivity index (χ1v) is 4.20. The summed E-state index contributed by atoms with van der Waals surface area (Å²) in [6.45, 7) is 4.73. The molecule has 0 atom stereocenters. The topological polar surface area (TPSA) is 93.1 Å². The maximum Gasteiger partial charge on any atom is 0.334 e. The summed E-state index contributed by atoms with van der Waals surface area (Å²) in [5.74, 6) is -2.69. The molecule has 15 heavy (non-hydrogen) atoms. The molecule has 0 aromatic heterocycles. The van der Waals surface area contributed by atoms with Crippen LogP contribution in [0.2, 0.25) is 0 Å². The van der Waals surface area contributed by atoms with Gasteiger partial charge in [0, 0.05) is 6.08 Å². The van der Waals surface area contributed by atoms with Gasteiger partial charge >= 0.3 is 11.9 Å². The predicted molar refractivity (Wildman–Crippen MR) is 50.1 cm³/mol. The molecule has 0 aliphatic carbocycles. The van der Waals surface area contributed by atoms with Crippen molar-refractivity contribution in [1.82, 2.24) is 0 Å². The van der Waals surface area contributed by atoms with Gasteiger partial charge in [0.15, 0.2) is 0 Å². The number of hydrogen-bond donors (Lipinski definition) is 2. The molecular formula is C9H14O6. The van der Waals surface area contributed by atoms with Crippen LogP contribution < -0.4 is 0 Å². The Morgan fingerprint density at radius 1 is 1.27 bits per heavy atom. The number of hydrogen-bond acceptors (Lipinski definition) is 4. The monoisotopic (exact) mass is 218 g/mol. The molecule has 0 aliphatic heterocycles. The van der Waals surface area contributed by atoms with Crippen molar-refractivity contribution in [1.29, 1.82) is 0 Å². The Morgan fingerprint density at radius 2 is 1.80 bits per heavy atom. The number of carbonyl (C=O) groups is 2. The molecule has 86 valence electrons. The minimum absolute atomic E-state index is 0.383. The van der Waals surface area contributed by atoms with E-state index in [2.05, 4.69) is 4.89 Å². The van der Waals surface area contributed by atoms with Crippen molar-refractivity contribution in [2.24, 2.45) is 0 Å². The van der Waals surface area contributed by atoms with Gasteiger partial charge < -0.3 is 10.2 Å². The molecule has 0 saturated heterocycles. The number of carboxylic acids is 2. The quantitative estimate of drug-likeness (QED) is 0.403. The summed E-state index contributed by atoms with van der Waals surface area (Å²) in [6, 6.07) is 0. The SMILES string of the molecule is CC(C)(C)OOC/C(=C/C(=O)O)C(=O)O. The molecule has 0 rings (SSSR count). The van der Waals surface area contributed by atoms with E-state index < -0.39 is 24.1 Å². The van der Waals surface area contributed by atoms with Crippen LogP contribution in [-0.4, -0.2) is 34.4 Å².